The fourth-order valence-electron chi connectivity index (χ4n) is 6.44. The first-order chi connectivity index (χ1) is 25.9. The van der Waals surface area contributed by atoms with Gasteiger partial charge in [0.05, 0.1) is 19.7 Å². The zero-order valence-electron chi connectivity index (χ0n) is 31.4. The molecule has 14 nitrogen and oxygen atoms in total. The molecule has 2 bridgehead atoms. The van der Waals surface area contributed by atoms with E-state index in [4.69, 9.17) is 9.47 Å². The van der Waals surface area contributed by atoms with Crippen LogP contribution in [0.2, 0.25) is 0 Å². The van der Waals surface area contributed by atoms with E-state index in [1.165, 1.54) is 12.0 Å². The van der Waals surface area contributed by atoms with Crippen LogP contribution in [0.15, 0.2) is 66.9 Å². The van der Waals surface area contributed by atoms with Gasteiger partial charge in [0.2, 0.25) is 23.6 Å². The van der Waals surface area contributed by atoms with Crippen molar-refractivity contribution in [2.75, 3.05) is 40.0 Å². The highest BCUT2D eigenvalue weighted by Gasteiger charge is 2.33. The van der Waals surface area contributed by atoms with E-state index in [9.17, 15) is 24.0 Å². The van der Waals surface area contributed by atoms with E-state index in [2.05, 4.69) is 31.2 Å². The van der Waals surface area contributed by atoms with Crippen molar-refractivity contribution in [2.45, 2.75) is 58.7 Å². The molecule has 0 unspecified atom stereocenters. The van der Waals surface area contributed by atoms with Gasteiger partial charge >= 0.3 is 0 Å². The zero-order valence-corrected chi connectivity index (χ0v) is 31.4. The Balaban J connectivity index is 1.53. The lowest BCUT2D eigenvalue weighted by Gasteiger charge is -2.30. The quantitative estimate of drug-likeness (QED) is 0.171. The van der Waals surface area contributed by atoms with E-state index in [1.807, 2.05) is 38.1 Å². The van der Waals surface area contributed by atoms with Crippen LogP contribution in [0.3, 0.4) is 0 Å². The van der Waals surface area contributed by atoms with Crippen LogP contribution in [0.25, 0.3) is 10.9 Å². The van der Waals surface area contributed by atoms with Gasteiger partial charge in [0.15, 0.2) is 0 Å². The summed E-state index contributed by atoms with van der Waals surface area (Å²) in [5, 5.41) is 12.3. The number of methoxy groups -OCH3 is 1. The van der Waals surface area contributed by atoms with Gasteiger partial charge in [-0.15, -0.1) is 0 Å². The van der Waals surface area contributed by atoms with E-state index in [0.717, 1.165) is 22.0 Å². The number of aromatic amines is 1. The first-order valence-corrected chi connectivity index (χ1v) is 18.1. The number of nitrogens with zero attached hydrogens (tertiary/aromatic N) is 2. The predicted octanol–water partition coefficient (Wildman–Crippen LogP) is 2.37. The van der Waals surface area contributed by atoms with Crippen LogP contribution in [0, 0.1) is 19.8 Å². The Bertz CT molecular complexity index is 1940. The number of ether oxygens (including phenoxy) is 2. The lowest BCUT2D eigenvalue weighted by atomic mass is 10.0. The van der Waals surface area contributed by atoms with E-state index in [-0.39, 0.29) is 51.0 Å². The third-order valence-electron chi connectivity index (χ3n) is 9.19. The number of hydrogen-bond donors (Lipinski definition) is 5. The average Bonchev–Trinajstić information content (AvgIpc) is 3.55. The molecule has 5 amide bonds. The first-order valence-electron chi connectivity index (χ1n) is 18.1. The molecule has 4 aromatic rings. The van der Waals surface area contributed by atoms with Gasteiger partial charge in [-0.2, -0.15) is 0 Å². The van der Waals surface area contributed by atoms with Crippen molar-refractivity contribution in [1.82, 2.24) is 36.1 Å². The summed E-state index contributed by atoms with van der Waals surface area (Å²) in [6.07, 6.45) is 1.96. The molecular weight excluding hydrogens is 690 g/mol. The summed E-state index contributed by atoms with van der Waals surface area (Å²) >= 11 is 0. The summed E-state index contributed by atoms with van der Waals surface area (Å²) in [5.41, 5.74) is 4.00. The zero-order chi connectivity index (χ0) is 38.8. The van der Waals surface area contributed by atoms with E-state index in [1.54, 1.807) is 56.4 Å². The lowest BCUT2D eigenvalue weighted by molar-refractivity contribution is -0.141. The summed E-state index contributed by atoms with van der Waals surface area (Å²) in [7, 11) is 1.48. The van der Waals surface area contributed by atoms with Crippen LogP contribution in [0.1, 0.15) is 46.7 Å². The summed E-state index contributed by atoms with van der Waals surface area (Å²) in [5.74, 6) is -2.24. The topological polar surface area (TPSA) is 184 Å². The van der Waals surface area contributed by atoms with Crippen molar-refractivity contribution in [3.05, 3.63) is 94.9 Å². The van der Waals surface area contributed by atoms with Gasteiger partial charge in [-0.25, -0.2) is 0 Å². The fourth-order valence-corrected chi connectivity index (χ4v) is 6.44. The summed E-state index contributed by atoms with van der Waals surface area (Å²) in [6, 6.07) is 14.9. The Morgan fingerprint density at radius 1 is 1.00 bits per heavy atom. The second kappa shape index (κ2) is 18.3. The minimum Gasteiger partial charge on any atom is -0.492 e. The second-order valence-corrected chi connectivity index (χ2v) is 13.8. The molecule has 54 heavy (non-hydrogen) atoms. The summed E-state index contributed by atoms with van der Waals surface area (Å²) in [4.78, 5) is 78.2. The van der Waals surface area contributed by atoms with Crippen molar-refractivity contribution in [2.24, 2.45) is 5.92 Å². The molecule has 0 radical (unpaired) electrons. The van der Waals surface area contributed by atoms with Gasteiger partial charge in [0, 0.05) is 60.5 Å². The number of amides is 5. The van der Waals surface area contributed by atoms with Crippen LogP contribution in [0.4, 0.5) is 0 Å². The van der Waals surface area contributed by atoms with Crippen molar-refractivity contribution in [3.8, 4) is 5.75 Å². The number of carbonyl (C=O) groups excluding carboxylic acids is 5. The number of para-hydroxylation sites is 1. The van der Waals surface area contributed by atoms with E-state index < -0.39 is 48.3 Å². The highest BCUT2D eigenvalue weighted by atomic mass is 16.5. The first kappa shape index (κ1) is 39.4. The monoisotopic (exact) mass is 739 g/mol. The number of rotatable bonds is 8. The molecule has 0 spiro atoms. The third-order valence-corrected chi connectivity index (χ3v) is 9.19. The van der Waals surface area contributed by atoms with E-state index in [0.29, 0.717) is 22.7 Å². The number of aromatic nitrogens is 2. The van der Waals surface area contributed by atoms with Crippen molar-refractivity contribution in [3.63, 3.8) is 0 Å². The van der Waals surface area contributed by atoms with Crippen LogP contribution in [-0.4, -0.2) is 102 Å². The molecule has 0 aliphatic carbocycles. The number of carbonyl (C=O) groups is 5. The summed E-state index contributed by atoms with van der Waals surface area (Å²) < 4.78 is 11.1. The maximum absolute atomic E-state index is 14.6. The Hall–Kier alpha value is -5.76. The second-order valence-electron chi connectivity index (χ2n) is 13.8. The van der Waals surface area contributed by atoms with Gasteiger partial charge < -0.3 is 40.6 Å². The number of nitrogens with one attached hydrogen (secondary N) is 5. The molecule has 0 fully saturated rings. The van der Waals surface area contributed by atoms with Crippen molar-refractivity contribution in [1.29, 1.82) is 0 Å². The highest BCUT2D eigenvalue weighted by Crippen LogP contribution is 2.21. The molecule has 0 saturated carbocycles. The maximum atomic E-state index is 14.6. The van der Waals surface area contributed by atoms with Crippen molar-refractivity contribution >= 4 is 40.4 Å². The molecule has 3 atom stereocenters. The van der Waals surface area contributed by atoms with Crippen LogP contribution < -0.4 is 26.0 Å². The number of fused-ring (bicyclic) bond motifs is 18. The number of pyridine rings is 1. The maximum Gasteiger partial charge on any atom is 0.252 e. The Morgan fingerprint density at radius 3 is 2.43 bits per heavy atom. The summed E-state index contributed by atoms with van der Waals surface area (Å²) in [6.45, 7) is 7.31. The number of benzene rings is 2. The molecule has 2 aromatic heterocycles. The van der Waals surface area contributed by atoms with Crippen molar-refractivity contribution < 1.29 is 33.4 Å². The molecule has 5 N–H and O–H groups in total. The smallest absolute Gasteiger partial charge is 0.252 e. The van der Waals surface area contributed by atoms with Gasteiger partial charge in [-0.05, 0) is 61.2 Å². The molecule has 2 aromatic carbocycles. The Kier molecular flexibility index (Phi) is 13.4. The standard InChI is InChI=1S/C40H49N7O7/c1-24(2)36-39(51)41-14-16-54-30-12-10-27(11-13-30)20-33(44-37(49)28-18-25(3)43-26(4)19-28)38(50)45-34(21-29-22-42-32-9-7-6-8-31(29)32)40(52)47(15-17-53-5)23-35(48)46-36/h6-13,18-19,22,24,33-34,36,42H,14-17,20-21,23H2,1-5H3,(H,41,51)(H,44,49)(H,45,50)(H,46,48)/t33-,34-,36-/m0/s1. The predicted molar refractivity (Wildman–Crippen MR) is 203 cm³/mol. The third kappa shape index (κ3) is 10.4. The highest BCUT2D eigenvalue weighted by molar-refractivity contribution is 5.99. The minimum atomic E-state index is -1.16. The number of aryl methyl sites for hydroxylation is 2. The number of hydrogen-bond acceptors (Lipinski definition) is 8. The van der Waals surface area contributed by atoms with Crippen LogP contribution >= 0.6 is 0 Å². The van der Waals surface area contributed by atoms with Gasteiger partial charge in [0.1, 0.15) is 30.5 Å². The molecule has 2 aliphatic rings. The largest absolute Gasteiger partial charge is 0.492 e. The van der Waals surface area contributed by atoms with Gasteiger partial charge in [-0.1, -0.05) is 44.2 Å². The lowest BCUT2D eigenvalue weighted by Crippen LogP contribution is -2.58. The molecule has 286 valence electrons. The minimum absolute atomic E-state index is 0.0339. The molecular formula is C40H49N7O7. The molecule has 14 heteroatoms. The number of H-pyrrole nitrogens is 1. The SMILES string of the molecule is COCCN1CC(=O)N[C@@H](C(C)C)C(=O)NCCOc2ccc(cc2)C[C@H](NC(=O)c2cc(C)nc(C)c2)C(=O)N[C@@H](Cc2c[nH]c3ccccc23)C1=O. The molecule has 6 rings (SSSR count). The van der Waals surface area contributed by atoms with Crippen LogP contribution in [-0.2, 0) is 36.8 Å². The van der Waals surface area contributed by atoms with Gasteiger partial charge in [0.25, 0.3) is 5.91 Å². The molecule has 0 saturated heterocycles. The van der Waals surface area contributed by atoms with Gasteiger partial charge in [-0.3, -0.25) is 29.0 Å². The normalized spacial score (nSPS) is 19.2. The Labute approximate surface area is 314 Å². The average molecular weight is 740 g/mol. The molecule has 4 heterocycles. The molecule has 2 aliphatic heterocycles. The Morgan fingerprint density at radius 2 is 1.72 bits per heavy atom. The van der Waals surface area contributed by atoms with Crippen LogP contribution in [0.5, 0.6) is 5.75 Å². The fraction of sp³-hybridized carbons (Fsp3) is 0.400. The van der Waals surface area contributed by atoms with E-state index >= 15 is 0 Å².